The second-order valence-corrected chi connectivity index (χ2v) is 8.79. The van der Waals surface area contributed by atoms with Gasteiger partial charge in [0.2, 0.25) is 0 Å². The van der Waals surface area contributed by atoms with E-state index in [0.29, 0.717) is 6.61 Å². The fourth-order valence-corrected chi connectivity index (χ4v) is 4.04. The van der Waals surface area contributed by atoms with Gasteiger partial charge in [-0.05, 0) is 32.1 Å². The molecular formula is C26H46O4. The van der Waals surface area contributed by atoms with Crippen LogP contribution in [0, 0.1) is 0 Å². The standard InChI is InChI=1S/C26H46O4/c1-2-3-4-5-6-7-8-9-10-11-12-13-14-18-23-29-25(27)21-22-26(28)30-24-19-16-15-17-20-24/h21-22,24H,2-20,23H2,1H3/b22-21+. The topological polar surface area (TPSA) is 52.6 Å². The molecule has 0 heterocycles. The molecule has 4 heteroatoms. The smallest absolute Gasteiger partial charge is 0.331 e. The zero-order chi connectivity index (χ0) is 21.7. The lowest BCUT2D eigenvalue weighted by molar-refractivity contribution is -0.145. The molecule has 0 atom stereocenters. The van der Waals surface area contributed by atoms with Crippen molar-refractivity contribution in [3.05, 3.63) is 12.2 Å². The lowest BCUT2D eigenvalue weighted by Gasteiger charge is -2.20. The summed E-state index contributed by atoms with van der Waals surface area (Å²) in [6.07, 6.45) is 26.0. The highest BCUT2D eigenvalue weighted by atomic mass is 16.5. The first-order valence-corrected chi connectivity index (χ1v) is 12.8. The summed E-state index contributed by atoms with van der Waals surface area (Å²) in [4.78, 5) is 23.4. The number of unbranched alkanes of at least 4 members (excludes halogenated alkanes) is 13. The maximum atomic E-state index is 11.7. The Balaban J connectivity index is 1.83. The molecule has 0 unspecified atom stereocenters. The molecule has 1 rings (SSSR count). The second kappa shape index (κ2) is 19.6. The van der Waals surface area contributed by atoms with Crippen LogP contribution in [-0.2, 0) is 19.1 Å². The number of ether oxygens (including phenoxy) is 2. The first kappa shape index (κ1) is 26.7. The number of esters is 2. The van der Waals surface area contributed by atoms with Crippen LogP contribution in [0.15, 0.2) is 12.2 Å². The van der Waals surface area contributed by atoms with E-state index in [4.69, 9.17) is 9.47 Å². The van der Waals surface area contributed by atoms with Crippen LogP contribution in [0.3, 0.4) is 0 Å². The van der Waals surface area contributed by atoms with E-state index >= 15 is 0 Å². The van der Waals surface area contributed by atoms with E-state index in [2.05, 4.69) is 6.92 Å². The van der Waals surface area contributed by atoms with Crippen molar-refractivity contribution in [3.63, 3.8) is 0 Å². The van der Waals surface area contributed by atoms with E-state index in [0.717, 1.165) is 38.5 Å². The molecule has 0 aliphatic heterocycles. The Morgan fingerprint density at radius 2 is 1.13 bits per heavy atom. The highest BCUT2D eigenvalue weighted by Gasteiger charge is 2.16. The van der Waals surface area contributed by atoms with Gasteiger partial charge < -0.3 is 9.47 Å². The van der Waals surface area contributed by atoms with Gasteiger partial charge in [-0.25, -0.2) is 9.59 Å². The van der Waals surface area contributed by atoms with Crippen molar-refractivity contribution in [3.8, 4) is 0 Å². The highest BCUT2D eigenvalue weighted by Crippen LogP contribution is 2.20. The molecule has 0 saturated heterocycles. The van der Waals surface area contributed by atoms with Gasteiger partial charge >= 0.3 is 11.9 Å². The average Bonchev–Trinajstić information content (AvgIpc) is 2.75. The third-order valence-electron chi connectivity index (χ3n) is 5.93. The summed E-state index contributed by atoms with van der Waals surface area (Å²) in [6.45, 7) is 2.70. The number of carbonyl (C=O) groups is 2. The van der Waals surface area contributed by atoms with E-state index in [1.165, 1.54) is 95.6 Å². The zero-order valence-corrected chi connectivity index (χ0v) is 19.5. The third-order valence-corrected chi connectivity index (χ3v) is 5.93. The van der Waals surface area contributed by atoms with Crippen molar-refractivity contribution in [1.82, 2.24) is 0 Å². The Labute approximate surface area is 185 Å². The summed E-state index contributed by atoms with van der Waals surface area (Å²) < 4.78 is 10.5. The van der Waals surface area contributed by atoms with E-state index < -0.39 is 11.9 Å². The van der Waals surface area contributed by atoms with E-state index in [1.807, 2.05) is 0 Å². The monoisotopic (exact) mass is 422 g/mol. The third kappa shape index (κ3) is 16.5. The summed E-state index contributed by atoms with van der Waals surface area (Å²) in [5.41, 5.74) is 0. The number of rotatable bonds is 18. The summed E-state index contributed by atoms with van der Waals surface area (Å²) in [5.74, 6) is -0.888. The Morgan fingerprint density at radius 1 is 0.667 bits per heavy atom. The van der Waals surface area contributed by atoms with Gasteiger partial charge in [-0.1, -0.05) is 96.8 Å². The van der Waals surface area contributed by atoms with E-state index in [-0.39, 0.29) is 6.10 Å². The lowest BCUT2D eigenvalue weighted by atomic mass is 9.98. The van der Waals surface area contributed by atoms with Gasteiger partial charge in [0.1, 0.15) is 6.10 Å². The Bertz CT molecular complexity index is 452. The van der Waals surface area contributed by atoms with Crippen molar-refractivity contribution >= 4 is 11.9 Å². The van der Waals surface area contributed by atoms with Crippen LogP contribution in [-0.4, -0.2) is 24.6 Å². The van der Waals surface area contributed by atoms with Gasteiger partial charge in [0.15, 0.2) is 0 Å². The van der Waals surface area contributed by atoms with Crippen molar-refractivity contribution < 1.29 is 19.1 Å². The first-order chi connectivity index (χ1) is 14.7. The summed E-state index contributed by atoms with van der Waals surface area (Å²) >= 11 is 0. The second-order valence-electron chi connectivity index (χ2n) is 8.79. The number of hydrogen-bond donors (Lipinski definition) is 0. The summed E-state index contributed by atoms with van der Waals surface area (Å²) in [5, 5.41) is 0. The number of carbonyl (C=O) groups excluding carboxylic acids is 2. The molecule has 0 spiro atoms. The molecule has 1 fully saturated rings. The minimum Gasteiger partial charge on any atom is -0.463 e. The van der Waals surface area contributed by atoms with Crippen LogP contribution in [0.2, 0.25) is 0 Å². The molecule has 0 N–H and O–H groups in total. The Kier molecular flexibility index (Phi) is 17.5. The SMILES string of the molecule is CCCCCCCCCCCCCCCCOC(=O)/C=C/C(=O)OC1CCCCC1. The predicted molar refractivity (Wildman–Crippen MR) is 123 cm³/mol. The molecule has 1 saturated carbocycles. The average molecular weight is 423 g/mol. The summed E-state index contributed by atoms with van der Waals surface area (Å²) in [7, 11) is 0. The molecule has 0 radical (unpaired) electrons. The van der Waals surface area contributed by atoms with Crippen molar-refractivity contribution in [1.29, 1.82) is 0 Å². The van der Waals surface area contributed by atoms with Crippen molar-refractivity contribution in [2.45, 2.75) is 135 Å². The molecule has 0 bridgehead atoms. The van der Waals surface area contributed by atoms with Crippen LogP contribution in [0.4, 0.5) is 0 Å². The van der Waals surface area contributed by atoms with Gasteiger partial charge in [0, 0.05) is 12.2 Å². The maximum absolute atomic E-state index is 11.7. The lowest BCUT2D eigenvalue weighted by Crippen LogP contribution is -2.19. The van der Waals surface area contributed by atoms with Crippen LogP contribution in [0.1, 0.15) is 129 Å². The Hall–Kier alpha value is -1.32. The van der Waals surface area contributed by atoms with Crippen LogP contribution >= 0.6 is 0 Å². The maximum Gasteiger partial charge on any atom is 0.331 e. The minimum atomic E-state index is -0.453. The molecule has 0 aromatic carbocycles. The molecule has 174 valence electrons. The van der Waals surface area contributed by atoms with E-state index in [9.17, 15) is 9.59 Å². The molecule has 4 nitrogen and oxygen atoms in total. The predicted octanol–water partition coefficient (Wildman–Crippen LogP) is 7.44. The molecule has 1 aliphatic carbocycles. The van der Waals surface area contributed by atoms with Gasteiger partial charge in [-0.2, -0.15) is 0 Å². The van der Waals surface area contributed by atoms with Gasteiger partial charge in [0.25, 0.3) is 0 Å². The molecule has 0 aromatic heterocycles. The van der Waals surface area contributed by atoms with Gasteiger partial charge in [-0.3, -0.25) is 0 Å². The molecule has 1 aliphatic rings. The first-order valence-electron chi connectivity index (χ1n) is 12.8. The fourth-order valence-electron chi connectivity index (χ4n) is 4.04. The fraction of sp³-hybridized carbons (Fsp3) is 0.846. The van der Waals surface area contributed by atoms with Gasteiger partial charge in [0.05, 0.1) is 6.61 Å². The minimum absolute atomic E-state index is 0.0162. The van der Waals surface area contributed by atoms with Crippen molar-refractivity contribution in [2.24, 2.45) is 0 Å². The van der Waals surface area contributed by atoms with Crippen LogP contribution in [0.25, 0.3) is 0 Å². The van der Waals surface area contributed by atoms with Crippen LogP contribution < -0.4 is 0 Å². The van der Waals surface area contributed by atoms with Gasteiger partial charge in [-0.15, -0.1) is 0 Å². The van der Waals surface area contributed by atoms with Crippen molar-refractivity contribution in [2.75, 3.05) is 6.61 Å². The zero-order valence-electron chi connectivity index (χ0n) is 19.5. The van der Waals surface area contributed by atoms with Crippen LogP contribution in [0.5, 0.6) is 0 Å². The normalized spacial score (nSPS) is 14.8. The molecule has 0 amide bonds. The quantitative estimate of drug-likeness (QED) is 0.131. The molecular weight excluding hydrogens is 376 g/mol. The largest absolute Gasteiger partial charge is 0.463 e. The molecule has 0 aromatic rings. The Morgan fingerprint density at radius 3 is 1.67 bits per heavy atom. The number of hydrogen-bond acceptors (Lipinski definition) is 4. The summed E-state index contributed by atoms with van der Waals surface area (Å²) in [6, 6.07) is 0. The molecule has 30 heavy (non-hydrogen) atoms. The highest BCUT2D eigenvalue weighted by molar-refractivity contribution is 5.91. The van der Waals surface area contributed by atoms with E-state index in [1.54, 1.807) is 0 Å².